The van der Waals surface area contributed by atoms with Crippen LogP contribution in [0, 0.1) is 10.1 Å². The Morgan fingerprint density at radius 1 is 0.968 bits per heavy atom. The molecule has 0 aliphatic carbocycles. The highest BCUT2D eigenvalue weighted by Gasteiger charge is 2.22. The zero-order chi connectivity index (χ0) is 22.2. The van der Waals surface area contributed by atoms with E-state index in [-0.39, 0.29) is 17.2 Å². The number of hydrogen-bond acceptors (Lipinski definition) is 5. The largest absolute Gasteiger partial charge is 0.473 e. The molecule has 0 amide bonds. The molecule has 0 radical (unpaired) electrons. The topological polar surface area (TPSA) is 78.4 Å². The molecule has 2 atom stereocenters. The molecule has 3 aromatic rings. The number of non-ortho nitro benzene ring substituents is 1. The number of benzene rings is 3. The summed E-state index contributed by atoms with van der Waals surface area (Å²) in [7, 11) is 0. The Kier molecular flexibility index (Phi) is 8.12. The molecule has 0 aliphatic rings. The molecule has 0 spiro atoms. The van der Waals surface area contributed by atoms with Crippen LogP contribution >= 0.6 is 23.8 Å². The van der Waals surface area contributed by atoms with E-state index in [1.165, 1.54) is 12.1 Å². The molecule has 3 aromatic carbocycles. The number of nitrogens with zero attached hydrogens (tertiary/aromatic N) is 1. The second kappa shape index (κ2) is 11.0. The molecule has 3 rings (SSSR count). The van der Waals surface area contributed by atoms with Crippen molar-refractivity contribution >= 4 is 34.6 Å². The van der Waals surface area contributed by atoms with Crippen LogP contribution in [0.2, 0.25) is 0 Å². The normalized spacial score (nSPS) is 12.9. The van der Waals surface area contributed by atoms with Crippen molar-refractivity contribution in [2.45, 2.75) is 30.4 Å². The molecule has 2 N–H and O–H groups in total. The van der Waals surface area contributed by atoms with E-state index in [1.54, 1.807) is 12.1 Å². The van der Waals surface area contributed by atoms with Gasteiger partial charge in [0, 0.05) is 17.5 Å². The maximum Gasteiger partial charge on any atom is 0.269 e. The monoisotopic (exact) mass is 454 g/mol. The minimum atomic E-state index is -0.523. The Labute approximate surface area is 192 Å². The van der Waals surface area contributed by atoms with Crippen LogP contribution in [0.25, 0.3) is 0 Å². The van der Waals surface area contributed by atoms with E-state index in [9.17, 15) is 10.1 Å². The Balaban J connectivity index is 1.63. The third-order valence-corrected chi connectivity index (χ3v) is 5.59. The molecular weight excluding hydrogens is 432 g/mol. The molecule has 5 nitrogen and oxygen atoms in total. The summed E-state index contributed by atoms with van der Waals surface area (Å²) in [5, 5.41) is 10.8. The maximum atomic E-state index is 10.8. The van der Waals surface area contributed by atoms with Gasteiger partial charge in [-0.2, -0.15) is 0 Å². The van der Waals surface area contributed by atoms with Gasteiger partial charge in [0.1, 0.15) is 6.10 Å². The van der Waals surface area contributed by atoms with Crippen molar-refractivity contribution in [1.82, 2.24) is 0 Å². The van der Waals surface area contributed by atoms with Crippen molar-refractivity contribution in [2.24, 2.45) is 5.73 Å². The molecule has 0 saturated heterocycles. The predicted molar refractivity (Wildman–Crippen MR) is 127 cm³/mol. The van der Waals surface area contributed by atoms with Crippen molar-refractivity contribution < 1.29 is 9.66 Å². The first-order valence-electron chi connectivity index (χ1n) is 9.87. The lowest BCUT2D eigenvalue weighted by Gasteiger charge is -2.24. The first-order valence-corrected chi connectivity index (χ1v) is 10.7. The quantitative estimate of drug-likeness (QED) is 0.197. The van der Waals surface area contributed by atoms with Crippen LogP contribution in [0.4, 0.5) is 5.69 Å². The van der Waals surface area contributed by atoms with Gasteiger partial charge in [0.25, 0.3) is 5.69 Å². The summed E-state index contributed by atoms with van der Waals surface area (Å²) in [6, 6.07) is 25.5. The number of alkyl halides is 1. The van der Waals surface area contributed by atoms with Gasteiger partial charge in [-0.05, 0) is 41.7 Å². The van der Waals surface area contributed by atoms with Crippen molar-refractivity contribution in [3.8, 4) is 0 Å². The average molecular weight is 455 g/mol. The van der Waals surface area contributed by atoms with Gasteiger partial charge < -0.3 is 10.5 Å². The third-order valence-electron chi connectivity index (χ3n) is 4.86. The van der Waals surface area contributed by atoms with Crippen LogP contribution in [0.1, 0.15) is 29.2 Å². The standard InChI is InChI=1S/C24H23ClN2O3S/c25-20(15-17-11-13-21(14-12-17)27(28)29)16-22(26)24(31)30-23(18-7-3-1-4-8-18)19-9-5-2-6-10-19/h1-14,20,22-23H,15-16,26H2. The predicted octanol–water partition coefficient (Wildman–Crippen LogP) is 5.60. The summed E-state index contributed by atoms with van der Waals surface area (Å²) < 4.78 is 6.15. The second-order valence-electron chi connectivity index (χ2n) is 7.21. The fourth-order valence-electron chi connectivity index (χ4n) is 3.25. The molecule has 2 unspecified atom stereocenters. The van der Waals surface area contributed by atoms with Crippen molar-refractivity contribution in [3.63, 3.8) is 0 Å². The zero-order valence-electron chi connectivity index (χ0n) is 16.8. The van der Waals surface area contributed by atoms with Crippen molar-refractivity contribution in [3.05, 3.63) is 112 Å². The van der Waals surface area contributed by atoms with Crippen molar-refractivity contribution in [2.75, 3.05) is 0 Å². The highest BCUT2D eigenvalue weighted by Crippen LogP contribution is 2.27. The van der Waals surface area contributed by atoms with E-state index in [4.69, 9.17) is 34.3 Å². The molecule has 0 aromatic heterocycles. The highest BCUT2D eigenvalue weighted by atomic mass is 35.5. The highest BCUT2D eigenvalue weighted by molar-refractivity contribution is 7.80. The number of nitrogens with two attached hydrogens (primary N) is 1. The molecule has 160 valence electrons. The summed E-state index contributed by atoms with van der Waals surface area (Å²) in [5.41, 5.74) is 9.22. The molecular formula is C24H23ClN2O3S. The van der Waals surface area contributed by atoms with Crippen LogP contribution in [0.15, 0.2) is 84.9 Å². The number of ether oxygens (including phenoxy) is 1. The van der Waals surface area contributed by atoms with E-state index in [0.717, 1.165) is 16.7 Å². The summed E-state index contributed by atoms with van der Waals surface area (Å²) >= 11 is 12.0. The number of hydrogen-bond donors (Lipinski definition) is 1. The van der Waals surface area contributed by atoms with Gasteiger partial charge in [-0.25, -0.2) is 0 Å². The number of rotatable bonds is 9. The minimum Gasteiger partial charge on any atom is -0.473 e. The van der Waals surface area contributed by atoms with Gasteiger partial charge >= 0.3 is 0 Å². The molecule has 0 saturated carbocycles. The zero-order valence-corrected chi connectivity index (χ0v) is 18.3. The third kappa shape index (κ3) is 6.59. The summed E-state index contributed by atoms with van der Waals surface area (Å²) in [6.07, 6.45) is 0.592. The van der Waals surface area contributed by atoms with E-state index in [0.29, 0.717) is 17.9 Å². The summed E-state index contributed by atoms with van der Waals surface area (Å²) in [6.45, 7) is 0. The summed E-state index contributed by atoms with van der Waals surface area (Å²) in [4.78, 5) is 10.4. The van der Waals surface area contributed by atoms with Gasteiger partial charge in [-0.3, -0.25) is 10.1 Å². The minimum absolute atomic E-state index is 0.0500. The number of thiocarbonyl (C=S) groups is 1. The Morgan fingerprint density at radius 3 is 1.97 bits per heavy atom. The summed E-state index contributed by atoms with van der Waals surface area (Å²) in [5.74, 6) is 0. The molecule has 0 bridgehead atoms. The Morgan fingerprint density at radius 2 is 1.48 bits per heavy atom. The van der Waals surface area contributed by atoms with E-state index in [2.05, 4.69) is 0 Å². The van der Waals surface area contributed by atoms with Gasteiger partial charge in [-0.15, -0.1) is 11.6 Å². The van der Waals surface area contributed by atoms with Crippen molar-refractivity contribution in [1.29, 1.82) is 0 Å². The van der Waals surface area contributed by atoms with Crippen LogP contribution in [0.5, 0.6) is 0 Å². The first-order chi connectivity index (χ1) is 14.9. The lowest BCUT2D eigenvalue weighted by Crippen LogP contribution is -2.34. The Bertz CT molecular complexity index is 961. The smallest absolute Gasteiger partial charge is 0.269 e. The fraction of sp³-hybridized carbons (Fsp3) is 0.208. The van der Waals surface area contributed by atoms with Gasteiger partial charge in [0.15, 0.2) is 5.05 Å². The van der Waals surface area contributed by atoms with Crippen LogP contribution in [0.3, 0.4) is 0 Å². The molecule has 0 aliphatic heterocycles. The molecule has 0 fully saturated rings. The lowest BCUT2D eigenvalue weighted by atomic mass is 10.0. The first kappa shape index (κ1) is 22.9. The van der Waals surface area contributed by atoms with Gasteiger partial charge in [0.2, 0.25) is 0 Å². The van der Waals surface area contributed by atoms with E-state index < -0.39 is 11.0 Å². The lowest BCUT2D eigenvalue weighted by molar-refractivity contribution is -0.384. The van der Waals surface area contributed by atoms with Gasteiger partial charge in [0.05, 0.1) is 11.0 Å². The number of nitro benzene ring substituents is 1. The molecule has 0 heterocycles. The Hall–Kier alpha value is -2.80. The van der Waals surface area contributed by atoms with Crippen LogP contribution < -0.4 is 5.73 Å². The SMILES string of the molecule is NC(CC(Cl)Cc1ccc([N+](=O)[O-])cc1)C(=S)OC(c1ccccc1)c1ccccc1. The second-order valence-corrected chi connectivity index (χ2v) is 8.23. The average Bonchev–Trinajstić information content (AvgIpc) is 2.78. The van der Waals surface area contributed by atoms with Crippen LogP contribution in [-0.4, -0.2) is 21.4 Å². The maximum absolute atomic E-state index is 10.8. The van der Waals surface area contributed by atoms with E-state index >= 15 is 0 Å². The number of nitro groups is 1. The molecule has 7 heteroatoms. The van der Waals surface area contributed by atoms with Crippen LogP contribution in [-0.2, 0) is 11.2 Å². The van der Waals surface area contributed by atoms with E-state index in [1.807, 2.05) is 60.7 Å². The molecule has 31 heavy (non-hydrogen) atoms. The fourth-order valence-corrected chi connectivity index (χ4v) is 3.81. The number of halogens is 1. The van der Waals surface area contributed by atoms with Gasteiger partial charge in [-0.1, -0.05) is 72.8 Å².